The highest BCUT2D eigenvalue weighted by molar-refractivity contribution is 5.97. The highest BCUT2D eigenvalue weighted by Crippen LogP contribution is 2.26. The summed E-state index contributed by atoms with van der Waals surface area (Å²) in [5.41, 5.74) is 4.58. The maximum Gasteiger partial charge on any atom is 0.306 e. The van der Waals surface area contributed by atoms with Crippen LogP contribution in [0.4, 0.5) is 4.39 Å². The van der Waals surface area contributed by atoms with Crippen molar-refractivity contribution < 1.29 is 18.7 Å². The lowest BCUT2D eigenvalue weighted by atomic mass is 10.0. The smallest absolute Gasteiger partial charge is 0.306 e. The first-order chi connectivity index (χ1) is 18.7. The van der Waals surface area contributed by atoms with E-state index in [1.54, 1.807) is 30.3 Å². The molecule has 0 aliphatic heterocycles. The number of unbranched alkanes of at least 4 members (excludes halogenated alkanes) is 1. The van der Waals surface area contributed by atoms with E-state index in [9.17, 15) is 14.0 Å². The molecule has 0 aliphatic carbocycles. The molecule has 0 saturated heterocycles. The molecule has 4 aromatic rings. The predicted octanol–water partition coefficient (Wildman–Crippen LogP) is 6.46. The zero-order chi connectivity index (χ0) is 27.8. The van der Waals surface area contributed by atoms with Crippen molar-refractivity contribution in [2.24, 2.45) is 0 Å². The van der Waals surface area contributed by atoms with Crippen molar-refractivity contribution in [1.82, 2.24) is 15.3 Å². The summed E-state index contributed by atoms with van der Waals surface area (Å²) in [4.78, 5) is 34.6. The van der Waals surface area contributed by atoms with Crippen molar-refractivity contribution in [3.63, 3.8) is 0 Å². The molecule has 0 radical (unpaired) electrons. The summed E-state index contributed by atoms with van der Waals surface area (Å²) in [6.45, 7) is 6.08. The Kier molecular flexibility index (Phi) is 9.02. The monoisotopic (exact) mass is 527 g/mol. The first kappa shape index (κ1) is 27.9. The van der Waals surface area contributed by atoms with Crippen LogP contribution >= 0.6 is 0 Å². The second-order valence-electron chi connectivity index (χ2n) is 10.5. The zero-order valence-electron chi connectivity index (χ0n) is 22.7. The van der Waals surface area contributed by atoms with Crippen molar-refractivity contribution in [2.45, 2.75) is 58.5 Å². The van der Waals surface area contributed by atoms with Gasteiger partial charge in [0, 0.05) is 24.1 Å². The van der Waals surface area contributed by atoms with Crippen LogP contribution in [0.3, 0.4) is 0 Å². The lowest BCUT2D eigenvalue weighted by molar-refractivity contribution is -0.154. The third-order valence-corrected chi connectivity index (χ3v) is 6.12. The number of nitrogens with one attached hydrogen (secondary N) is 1. The number of rotatable bonds is 10. The quantitative estimate of drug-likeness (QED) is 0.189. The Bertz CT molecular complexity index is 1430. The number of nitrogens with zero attached hydrogens (tertiary/aromatic N) is 2. The molecular formula is C32H34FN3O3. The fourth-order valence-corrected chi connectivity index (χ4v) is 4.27. The Morgan fingerprint density at radius 3 is 2.33 bits per heavy atom. The van der Waals surface area contributed by atoms with Crippen LogP contribution in [-0.4, -0.2) is 34.0 Å². The second kappa shape index (κ2) is 12.6. The number of carbonyl (C=O) groups is 2. The van der Waals surface area contributed by atoms with Gasteiger partial charge >= 0.3 is 5.97 Å². The van der Waals surface area contributed by atoms with Crippen LogP contribution < -0.4 is 5.32 Å². The molecule has 202 valence electrons. The summed E-state index contributed by atoms with van der Waals surface area (Å²) in [5, 5.41) is 2.97. The largest absolute Gasteiger partial charge is 0.460 e. The Balaban J connectivity index is 1.51. The number of ether oxygens (including phenoxy) is 1. The lowest BCUT2D eigenvalue weighted by Gasteiger charge is -2.19. The minimum atomic E-state index is -0.512. The summed E-state index contributed by atoms with van der Waals surface area (Å²) in [5.74, 6) is -0.723. The van der Waals surface area contributed by atoms with Gasteiger partial charge in [0.05, 0.1) is 22.4 Å². The first-order valence-electron chi connectivity index (χ1n) is 13.3. The maximum absolute atomic E-state index is 13.6. The summed E-state index contributed by atoms with van der Waals surface area (Å²) in [6.07, 6.45) is 2.98. The highest BCUT2D eigenvalue weighted by Gasteiger charge is 2.17. The number of esters is 1. The number of halogens is 1. The van der Waals surface area contributed by atoms with E-state index in [1.807, 2.05) is 51.1 Å². The van der Waals surface area contributed by atoms with Crippen molar-refractivity contribution >= 4 is 22.9 Å². The number of hydrogen-bond donors (Lipinski definition) is 1. The number of benzene rings is 3. The predicted molar refractivity (Wildman–Crippen MR) is 151 cm³/mol. The molecule has 0 spiro atoms. The summed E-state index contributed by atoms with van der Waals surface area (Å²) >= 11 is 0. The molecule has 0 unspecified atom stereocenters. The molecule has 0 saturated carbocycles. The number of amides is 1. The molecule has 3 aromatic carbocycles. The van der Waals surface area contributed by atoms with E-state index in [2.05, 4.69) is 5.32 Å². The zero-order valence-corrected chi connectivity index (χ0v) is 22.7. The van der Waals surface area contributed by atoms with Gasteiger partial charge in [-0.3, -0.25) is 9.59 Å². The van der Waals surface area contributed by atoms with Gasteiger partial charge in [0.1, 0.15) is 11.4 Å². The molecule has 0 aliphatic rings. The van der Waals surface area contributed by atoms with Crippen LogP contribution in [0.1, 0.15) is 61.6 Å². The van der Waals surface area contributed by atoms with Crippen LogP contribution in [0.15, 0.2) is 72.8 Å². The average molecular weight is 528 g/mol. The van der Waals surface area contributed by atoms with Crippen LogP contribution in [0.5, 0.6) is 0 Å². The van der Waals surface area contributed by atoms with Crippen molar-refractivity contribution in [1.29, 1.82) is 0 Å². The second-order valence-corrected chi connectivity index (χ2v) is 10.5. The van der Waals surface area contributed by atoms with Crippen LogP contribution in [-0.2, 0) is 22.4 Å². The van der Waals surface area contributed by atoms with E-state index in [0.29, 0.717) is 54.5 Å². The third-order valence-electron chi connectivity index (χ3n) is 6.12. The Labute approximate surface area is 228 Å². The first-order valence-corrected chi connectivity index (χ1v) is 13.3. The van der Waals surface area contributed by atoms with Crippen LogP contribution in [0.2, 0.25) is 0 Å². The van der Waals surface area contributed by atoms with E-state index < -0.39 is 5.60 Å². The van der Waals surface area contributed by atoms with E-state index in [0.717, 1.165) is 23.2 Å². The molecular weight excluding hydrogens is 493 g/mol. The Hall–Kier alpha value is -4.13. The normalized spacial score (nSPS) is 11.4. The number of carbonyl (C=O) groups excluding carboxylic acids is 2. The van der Waals surface area contributed by atoms with E-state index >= 15 is 0 Å². The Morgan fingerprint density at radius 1 is 0.872 bits per heavy atom. The molecule has 6 nitrogen and oxygen atoms in total. The average Bonchev–Trinajstić information content (AvgIpc) is 2.90. The van der Waals surface area contributed by atoms with Gasteiger partial charge in [0.2, 0.25) is 0 Å². The minimum Gasteiger partial charge on any atom is -0.460 e. The fraction of sp³-hybridized carbons (Fsp3) is 0.312. The van der Waals surface area contributed by atoms with Gasteiger partial charge in [0.25, 0.3) is 5.91 Å². The molecule has 1 heterocycles. The lowest BCUT2D eigenvalue weighted by Crippen LogP contribution is -2.25. The molecule has 0 fully saturated rings. The third kappa shape index (κ3) is 8.18. The van der Waals surface area contributed by atoms with Gasteiger partial charge in [-0.2, -0.15) is 0 Å². The topological polar surface area (TPSA) is 81.2 Å². The Morgan fingerprint density at radius 2 is 1.62 bits per heavy atom. The van der Waals surface area contributed by atoms with Crippen LogP contribution in [0.25, 0.3) is 22.3 Å². The van der Waals surface area contributed by atoms with Crippen LogP contribution in [0, 0.1) is 5.82 Å². The van der Waals surface area contributed by atoms with E-state index in [1.165, 1.54) is 12.1 Å². The molecule has 1 N–H and O–H groups in total. The molecule has 4 rings (SSSR count). The maximum atomic E-state index is 13.6. The SMILES string of the molecule is CC(C)(C)OC(=O)CCCCc1nc2cc(C(=O)NCCc3ccccc3)ccc2nc1-c1ccc(F)cc1. The number of aryl methyl sites for hydroxylation is 1. The number of fused-ring (bicyclic) bond motifs is 1. The van der Waals surface area contributed by atoms with Gasteiger partial charge in [-0.05, 0) is 94.5 Å². The van der Waals surface area contributed by atoms with Gasteiger partial charge in [-0.1, -0.05) is 30.3 Å². The number of hydrogen-bond acceptors (Lipinski definition) is 5. The van der Waals surface area contributed by atoms with E-state index in [4.69, 9.17) is 14.7 Å². The molecule has 7 heteroatoms. The summed E-state index contributed by atoms with van der Waals surface area (Å²) in [6, 6.07) is 21.4. The van der Waals surface area contributed by atoms with Gasteiger partial charge in [0.15, 0.2) is 0 Å². The fourth-order valence-electron chi connectivity index (χ4n) is 4.27. The highest BCUT2D eigenvalue weighted by atomic mass is 19.1. The van der Waals surface area contributed by atoms with Crippen molar-refractivity contribution in [3.05, 3.63) is 95.4 Å². The molecule has 1 aromatic heterocycles. The minimum absolute atomic E-state index is 0.170. The molecule has 1 amide bonds. The van der Waals surface area contributed by atoms with Crippen molar-refractivity contribution in [3.8, 4) is 11.3 Å². The number of aromatic nitrogens is 2. The van der Waals surface area contributed by atoms with Gasteiger partial charge < -0.3 is 10.1 Å². The van der Waals surface area contributed by atoms with Gasteiger partial charge in [-0.15, -0.1) is 0 Å². The van der Waals surface area contributed by atoms with Crippen molar-refractivity contribution in [2.75, 3.05) is 6.54 Å². The molecule has 0 atom stereocenters. The summed E-state index contributed by atoms with van der Waals surface area (Å²) < 4.78 is 19.0. The van der Waals surface area contributed by atoms with E-state index in [-0.39, 0.29) is 17.7 Å². The van der Waals surface area contributed by atoms with Gasteiger partial charge in [-0.25, -0.2) is 14.4 Å². The molecule has 0 bridgehead atoms. The molecule has 39 heavy (non-hydrogen) atoms. The summed E-state index contributed by atoms with van der Waals surface area (Å²) in [7, 11) is 0. The standard InChI is InChI=1S/C32H34FN3O3/c1-32(2,3)39-29(37)12-8-7-11-27-30(23-13-16-25(33)17-14-23)36-26-18-15-24(21-28(26)35-27)31(38)34-20-19-22-9-5-4-6-10-22/h4-6,9-10,13-18,21H,7-8,11-12,19-20H2,1-3H3,(H,34,38).